The predicted octanol–water partition coefficient (Wildman–Crippen LogP) is 9.68. The van der Waals surface area contributed by atoms with Gasteiger partial charge in [-0.3, -0.25) is 0 Å². The zero-order chi connectivity index (χ0) is 24.5. The zero-order valence-electron chi connectivity index (χ0n) is 20.4. The number of benzene rings is 7. The van der Waals surface area contributed by atoms with Crippen LogP contribution in [0.4, 0.5) is 0 Å². The maximum Gasteiger partial charge on any atom is 0.0627 e. The third kappa shape index (κ3) is 2.02. The average molecular weight is 481 g/mol. The lowest BCUT2D eigenvalue weighted by Gasteiger charge is -2.16. The van der Waals surface area contributed by atoms with E-state index in [1.54, 1.807) is 0 Å². The molecule has 10 aromatic rings. The van der Waals surface area contributed by atoms with E-state index in [1.807, 2.05) is 0 Å². The van der Waals surface area contributed by atoms with Crippen molar-refractivity contribution in [3.63, 3.8) is 0 Å². The van der Waals surface area contributed by atoms with Gasteiger partial charge in [-0.15, -0.1) is 0 Å². The van der Waals surface area contributed by atoms with Crippen LogP contribution in [-0.4, -0.2) is 8.97 Å². The zero-order valence-corrected chi connectivity index (χ0v) is 20.4. The number of aromatic nitrogens is 2. The molecule has 0 saturated carbocycles. The topological polar surface area (TPSA) is 9.34 Å². The summed E-state index contributed by atoms with van der Waals surface area (Å²) in [5.41, 5.74) is 7.64. The Labute approximate surface area is 217 Å². The maximum absolute atomic E-state index is 2.50. The minimum Gasteiger partial charge on any atom is -0.309 e. The van der Waals surface area contributed by atoms with Crippen molar-refractivity contribution in [3.05, 3.63) is 121 Å². The SMILES string of the molecule is c1ccc2c(c1)c1ccc3c4ccccc4n4c5ccc(-n6c7ccccc7c7ccccc76)c2c5c1c34. The van der Waals surface area contributed by atoms with Crippen LogP contribution in [0.1, 0.15) is 0 Å². The Balaban J connectivity index is 1.54. The van der Waals surface area contributed by atoms with E-state index in [0.29, 0.717) is 0 Å². The Morgan fingerprint density at radius 2 is 0.842 bits per heavy atom. The largest absolute Gasteiger partial charge is 0.309 e. The van der Waals surface area contributed by atoms with Crippen molar-refractivity contribution in [2.75, 3.05) is 0 Å². The Morgan fingerprint density at radius 3 is 1.55 bits per heavy atom. The van der Waals surface area contributed by atoms with Crippen LogP contribution < -0.4 is 0 Å². The Morgan fingerprint density at radius 1 is 0.316 bits per heavy atom. The third-order valence-corrected chi connectivity index (χ3v) is 8.80. The van der Waals surface area contributed by atoms with E-state index in [-0.39, 0.29) is 0 Å². The highest BCUT2D eigenvalue weighted by molar-refractivity contribution is 6.40. The Bertz CT molecular complexity index is 2510. The molecule has 0 bridgehead atoms. The monoisotopic (exact) mass is 480 g/mol. The minimum atomic E-state index is 1.24. The van der Waals surface area contributed by atoms with Crippen LogP contribution in [0.15, 0.2) is 121 Å². The van der Waals surface area contributed by atoms with Gasteiger partial charge in [-0.25, -0.2) is 0 Å². The van der Waals surface area contributed by atoms with Crippen molar-refractivity contribution >= 4 is 81.4 Å². The van der Waals surface area contributed by atoms with Gasteiger partial charge in [0, 0.05) is 37.7 Å². The lowest BCUT2D eigenvalue weighted by Crippen LogP contribution is -1.96. The van der Waals surface area contributed by atoms with Crippen molar-refractivity contribution in [1.29, 1.82) is 0 Å². The number of para-hydroxylation sites is 3. The first-order valence-corrected chi connectivity index (χ1v) is 13.2. The van der Waals surface area contributed by atoms with E-state index in [1.165, 1.54) is 87.1 Å². The summed E-state index contributed by atoms with van der Waals surface area (Å²) in [6.07, 6.45) is 0. The van der Waals surface area contributed by atoms with E-state index >= 15 is 0 Å². The molecule has 0 radical (unpaired) electrons. The van der Waals surface area contributed by atoms with Gasteiger partial charge in [0.05, 0.1) is 33.3 Å². The summed E-state index contributed by atoms with van der Waals surface area (Å²) >= 11 is 0. The van der Waals surface area contributed by atoms with Crippen molar-refractivity contribution in [1.82, 2.24) is 8.97 Å². The molecule has 7 aromatic carbocycles. The molecule has 10 rings (SSSR count). The summed E-state index contributed by atoms with van der Waals surface area (Å²) in [5, 5.41) is 13.3. The number of nitrogens with zero attached hydrogens (tertiary/aromatic N) is 2. The van der Waals surface area contributed by atoms with Crippen LogP contribution in [0.25, 0.3) is 87.1 Å². The molecule has 38 heavy (non-hydrogen) atoms. The highest BCUT2D eigenvalue weighted by Crippen LogP contribution is 2.49. The van der Waals surface area contributed by atoms with Crippen LogP contribution in [0.5, 0.6) is 0 Å². The van der Waals surface area contributed by atoms with Crippen LogP contribution in [0.2, 0.25) is 0 Å². The molecule has 0 saturated heterocycles. The molecule has 0 aliphatic carbocycles. The number of fused-ring (bicyclic) bond motifs is 10. The Hall–Kier alpha value is -5.08. The van der Waals surface area contributed by atoms with E-state index in [9.17, 15) is 0 Å². The lowest BCUT2D eigenvalue weighted by molar-refractivity contribution is 1.20. The van der Waals surface area contributed by atoms with Crippen molar-refractivity contribution in [2.24, 2.45) is 0 Å². The lowest BCUT2D eigenvalue weighted by atomic mass is 9.92. The van der Waals surface area contributed by atoms with Gasteiger partial charge in [0.15, 0.2) is 0 Å². The number of rotatable bonds is 1. The van der Waals surface area contributed by atoms with Gasteiger partial charge >= 0.3 is 0 Å². The fourth-order valence-electron chi connectivity index (χ4n) is 7.38. The molecule has 0 N–H and O–H groups in total. The first-order valence-electron chi connectivity index (χ1n) is 13.2. The summed E-state index contributed by atoms with van der Waals surface area (Å²) in [4.78, 5) is 0. The van der Waals surface area contributed by atoms with Crippen molar-refractivity contribution < 1.29 is 0 Å². The van der Waals surface area contributed by atoms with Gasteiger partial charge in [-0.05, 0) is 46.5 Å². The fourth-order valence-corrected chi connectivity index (χ4v) is 7.38. The third-order valence-electron chi connectivity index (χ3n) is 8.80. The van der Waals surface area contributed by atoms with Gasteiger partial charge in [0.1, 0.15) is 0 Å². The Kier molecular flexibility index (Phi) is 3.23. The second-order valence-corrected chi connectivity index (χ2v) is 10.5. The average Bonchev–Trinajstić information content (AvgIpc) is 3.62. The first-order chi connectivity index (χ1) is 18.9. The highest BCUT2D eigenvalue weighted by Gasteiger charge is 2.25. The number of hydrogen-bond donors (Lipinski definition) is 0. The van der Waals surface area contributed by atoms with E-state index in [2.05, 4.69) is 130 Å². The standard InChI is InChI=1S/C36H20N2/c1-2-13-25-21(9-1)26-17-18-27-24-12-5-8-16-30(24)38-32-20-19-31(33(25)35(32)34(26)36(27)38)37-28-14-6-3-10-22(28)23-11-4-7-15-29(23)37/h1-20H. The normalized spacial score (nSPS) is 12.7. The van der Waals surface area contributed by atoms with Crippen LogP contribution in [-0.2, 0) is 0 Å². The summed E-state index contributed by atoms with van der Waals surface area (Å²) in [6, 6.07) is 44.8. The van der Waals surface area contributed by atoms with Gasteiger partial charge in [0.25, 0.3) is 0 Å². The minimum absolute atomic E-state index is 1.24. The van der Waals surface area contributed by atoms with Crippen molar-refractivity contribution in [2.45, 2.75) is 0 Å². The predicted molar refractivity (Wildman–Crippen MR) is 162 cm³/mol. The molecule has 0 unspecified atom stereocenters. The van der Waals surface area contributed by atoms with Gasteiger partial charge in [-0.2, -0.15) is 0 Å². The number of hydrogen-bond acceptors (Lipinski definition) is 0. The second kappa shape index (κ2) is 6.42. The van der Waals surface area contributed by atoms with E-state index in [4.69, 9.17) is 0 Å². The molecule has 0 spiro atoms. The molecule has 2 heteroatoms. The second-order valence-electron chi connectivity index (χ2n) is 10.5. The fraction of sp³-hybridized carbons (Fsp3) is 0. The summed E-state index contributed by atoms with van der Waals surface area (Å²) < 4.78 is 4.98. The maximum atomic E-state index is 2.50. The molecule has 0 atom stereocenters. The molecule has 174 valence electrons. The molecule has 0 amide bonds. The van der Waals surface area contributed by atoms with Gasteiger partial charge in [0.2, 0.25) is 0 Å². The summed E-state index contributed by atoms with van der Waals surface area (Å²) in [7, 11) is 0. The molecule has 2 nitrogen and oxygen atoms in total. The van der Waals surface area contributed by atoms with Gasteiger partial charge < -0.3 is 8.97 Å². The molecule has 0 fully saturated rings. The van der Waals surface area contributed by atoms with Crippen molar-refractivity contribution in [3.8, 4) is 5.69 Å². The van der Waals surface area contributed by atoms with Crippen LogP contribution >= 0.6 is 0 Å². The molecule has 3 aromatic heterocycles. The van der Waals surface area contributed by atoms with Gasteiger partial charge in [-0.1, -0.05) is 91.0 Å². The molecule has 0 aliphatic heterocycles. The molecular formula is C36H20N2. The first kappa shape index (κ1) is 19.1. The quantitative estimate of drug-likeness (QED) is 0.207. The van der Waals surface area contributed by atoms with Crippen LogP contribution in [0.3, 0.4) is 0 Å². The highest BCUT2D eigenvalue weighted by atomic mass is 15.0. The molecule has 3 heterocycles. The smallest absolute Gasteiger partial charge is 0.0627 e. The van der Waals surface area contributed by atoms with E-state index in [0.717, 1.165) is 0 Å². The summed E-state index contributed by atoms with van der Waals surface area (Å²) in [5.74, 6) is 0. The molecule has 0 aliphatic rings. The van der Waals surface area contributed by atoms with Crippen LogP contribution in [0, 0.1) is 0 Å². The summed E-state index contributed by atoms with van der Waals surface area (Å²) in [6.45, 7) is 0. The molecular weight excluding hydrogens is 460 g/mol. The van der Waals surface area contributed by atoms with E-state index < -0.39 is 0 Å².